The molecule has 0 spiro atoms. The van der Waals surface area contributed by atoms with Gasteiger partial charge in [-0.05, 0) is 28.3 Å². The van der Waals surface area contributed by atoms with Crippen LogP contribution in [0.25, 0.3) is 56.2 Å². The summed E-state index contributed by atoms with van der Waals surface area (Å²) >= 11 is 0. The maximum Gasteiger partial charge on any atom is 0.171 e. The monoisotopic (exact) mass is 660 g/mol. The van der Waals surface area contributed by atoms with Gasteiger partial charge in [-0.2, -0.15) is 0 Å². The Balaban J connectivity index is 1.06. The van der Waals surface area contributed by atoms with Gasteiger partial charge in [0.2, 0.25) is 0 Å². The smallest absolute Gasteiger partial charge is 0.171 e. The molecule has 1 aromatic heterocycles. The Bertz CT molecular complexity index is 2290. The lowest BCUT2D eigenvalue weighted by atomic mass is 9.99. The highest BCUT2D eigenvalue weighted by Gasteiger charge is 2.29. The topological polar surface area (TPSA) is 42.9 Å². The van der Waals surface area contributed by atoms with Crippen molar-refractivity contribution < 1.29 is 4.57 Å². The summed E-state index contributed by atoms with van der Waals surface area (Å²) in [6.07, 6.45) is 0. The fourth-order valence-corrected chi connectivity index (χ4v) is 8.99. The number of aromatic nitrogens is 2. The normalized spacial score (nSPS) is 11.3. The van der Waals surface area contributed by atoms with E-state index in [4.69, 9.17) is 9.97 Å². The van der Waals surface area contributed by atoms with Gasteiger partial charge in [0.05, 0.1) is 11.4 Å². The van der Waals surface area contributed by atoms with Crippen LogP contribution in [-0.4, -0.2) is 9.97 Å². The molecule has 0 N–H and O–H groups in total. The summed E-state index contributed by atoms with van der Waals surface area (Å²) in [6, 6.07) is 67.4. The second kappa shape index (κ2) is 13.8. The molecule has 0 saturated heterocycles. The average molecular weight is 661 g/mol. The minimum absolute atomic E-state index is 0.706. The zero-order valence-corrected chi connectivity index (χ0v) is 28.2. The minimum Gasteiger partial charge on any atom is -0.309 e. The molecule has 7 aromatic carbocycles. The summed E-state index contributed by atoms with van der Waals surface area (Å²) in [5.74, 6) is 0.706. The van der Waals surface area contributed by atoms with E-state index in [0.717, 1.165) is 66.2 Å². The van der Waals surface area contributed by atoms with E-state index >= 15 is 0 Å². The first-order valence-corrected chi connectivity index (χ1v) is 18.4. The van der Waals surface area contributed by atoms with Crippen LogP contribution < -0.4 is 15.9 Å². The zero-order chi connectivity index (χ0) is 33.8. The number of rotatable bonds is 8. The van der Waals surface area contributed by atoms with Crippen LogP contribution in [0.3, 0.4) is 0 Å². The van der Waals surface area contributed by atoms with Gasteiger partial charge in [-0.15, -0.1) is 0 Å². The van der Waals surface area contributed by atoms with E-state index in [-0.39, 0.29) is 0 Å². The van der Waals surface area contributed by atoms with Crippen molar-refractivity contribution in [2.45, 2.75) is 0 Å². The Hall–Kier alpha value is -6.15. The highest BCUT2D eigenvalue weighted by molar-refractivity contribution is 7.85. The molecule has 0 radical (unpaired) electrons. The first kappa shape index (κ1) is 31.1. The third-order valence-electron chi connectivity index (χ3n) is 9.03. The SMILES string of the molecule is O=P(c1ccccc1)(c1ccccc1)c1ccc(-c2ccc(-c3ccc(-c4cc(-c5ccccc5)nc(-c5ccccc5)n4)cc3)cc2)cc1. The first-order valence-electron chi connectivity index (χ1n) is 16.7. The predicted octanol–water partition coefficient (Wildman–Crippen LogP) is 10.5. The molecular formula is C46H33N2OP. The fraction of sp³-hybridized carbons (Fsp3) is 0. The fourth-order valence-electron chi connectivity index (χ4n) is 6.34. The molecule has 4 heteroatoms. The highest BCUT2D eigenvalue weighted by Crippen LogP contribution is 2.42. The number of hydrogen-bond acceptors (Lipinski definition) is 3. The molecular weight excluding hydrogens is 627 g/mol. The van der Waals surface area contributed by atoms with Crippen molar-refractivity contribution in [1.29, 1.82) is 0 Å². The summed E-state index contributed by atoms with van der Waals surface area (Å²) in [5.41, 5.74) is 9.29. The molecule has 0 amide bonds. The van der Waals surface area contributed by atoms with Crippen LogP contribution in [-0.2, 0) is 4.57 Å². The lowest BCUT2D eigenvalue weighted by Gasteiger charge is -2.20. The largest absolute Gasteiger partial charge is 0.309 e. The van der Waals surface area contributed by atoms with Crippen molar-refractivity contribution in [3.05, 3.63) is 200 Å². The van der Waals surface area contributed by atoms with E-state index in [1.165, 1.54) is 0 Å². The molecule has 8 aromatic rings. The van der Waals surface area contributed by atoms with Gasteiger partial charge in [0, 0.05) is 32.6 Å². The van der Waals surface area contributed by atoms with Gasteiger partial charge >= 0.3 is 0 Å². The molecule has 8 rings (SSSR count). The third kappa shape index (κ3) is 6.23. The van der Waals surface area contributed by atoms with Gasteiger partial charge in [0.15, 0.2) is 13.0 Å². The van der Waals surface area contributed by atoms with Crippen LogP contribution in [0.2, 0.25) is 0 Å². The van der Waals surface area contributed by atoms with Gasteiger partial charge in [0.25, 0.3) is 0 Å². The van der Waals surface area contributed by atoms with Gasteiger partial charge < -0.3 is 4.57 Å². The van der Waals surface area contributed by atoms with Crippen molar-refractivity contribution in [3.8, 4) is 56.2 Å². The summed E-state index contributed by atoms with van der Waals surface area (Å²) < 4.78 is 14.7. The van der Waals surface area contributed by atoms with Crippen molar-refractivity contribution in [3.63, 3.8) is 0 Å². The van der Waals surface area contributed by atoms with E-state index in [1.54, 1.807) is 0 Å². The van der Waals surface area contributed by atoms with Gasteiger partial charge in [-0.3, -0.25) is 0 Å². The summed E-state index contributed by atoms with van der Waals surface area (Å²) in [4.78, 5) is 9.89. The van der Waals surface area contributed by atoms with Crippen molar-refractivity contribution >= 4 is 23.1 Å². The van der Waals surface area contributed by atoms with Gasteiger partial charge in [-0.25, -0.2) is 9.97 Å². The van der Waals surface area contributed by atoms with Crippen LogP contribution >= 0.6 is 7.14 Å². The molecule has 0 aliphatic carbocycles. The molecule has 0 aliphatic rings. The minimum atomic E-state index is -3.01. The van der Waals surface area contributed by atoms with E-state index in [9.17, 15) is 4.57 Å². The van der Waals surface area contributed by atoms with Crippen LogP contribution in [0.5, 0.6) is 0 Å². The quantitative estimate of drug-likeness (QED) is 0.152. The Labute approximate surface area is 293 Å². The molecule has 50 heavy (non-hydrogen) atoms. The molecule has 0 fully saturated rings. The maximum absolute atomic E-state index is 14.7. The molecule has 0 unspecified atom stereocenters. The van der Waals surface area contributed by atoms with Crippen LogP contribution in [0.15, 0.2) is 200 Å². The van der Waals surface area contributed by atoms with Crippen molar-refractivity contribution in [1.82, 2.24) is 9.97 Å². The second-order valence-electron chi connectivity index (χ2n) is 12.2. The average Bonchev–Trinajstić information content (AvgIpc) is 3.22. The van der Waals surface area contributed by atoms with Crippen molar-refractivity contribution in [2.75, 3.05) is 0 Å². The number of hydrogen-bond donors (Lipinski definition) is 0. The van der Waals surface area contributed by atoms with Crippen LogP contribution in [0.1, 0.15) is 0 Å². The van der Waals surface area contributed by atoms with E-state index < -0.39 is 7.14 Å². The number of nitrogens with zero attached hydrogens (tertiary/aromatic N) is 2. The third-order valence-corrected chi connectivity index (χ3v) is 12.1. The Kier molecular flexibility index (Phi) is 8.57. The summed E-state index contributed by atoms with van der Waals surface area (Å²) in [6.45, 7) is 0. The molecule has 0 aliphatic heterocycles. The zero-order valence-electron chi connectivity index (χ0n) is 27.3. The molecule has 238 valence electrons. The first-order chi connectivity index (χ1) is 24.6. The Morgan fingerprint density at radius 2 is 0.600 bits per heavy atom. The Morgan fingerprint density at radius 3 is 1.02 bits per heavy atom. The molecule has 0 saturated carbocycles. The van der Waals surface area contributed by atoms with E-state index in [0.29, 0.717) is 5.82 Å². The van der Waals surface area contributed by atoms with Gasteiger partial charge in [-0.1, -0.05) is 194 Å². The second-order valence-corrected chi connectivity index (χ2v) is 14.9. The maximum atomic E-state index is 14.7. The van der Waals surface area contributed by atoms with Gasteiger partial charge in [0.1, 0.15) is 0 Å². The predicted molar refractivity (Wildman–Crippen MR) is 209 cm³/mol. The molecule has 1 heterocycles. The lowest BCUT2D eigenvalue weighted by Crippen LogP contribution is -2.24. The van der Waals surface area contributed by atoms with Crippen LogP contribution in [0.4, 0.5) is 0 Å². The molecule has 0 atom stereocenters. The lowest BCUT2D eigenvalue weighted by molar-refractivity contribution is 0.592. The van der Waals surface area contributed by atoms with Crippen LogP contribution in [0, 0.1) is 0 Å². The van der Waals surface area contributed by atoms with E-state index in [2.05, 4.69) is 78.9 Å². The Morgan fingerprint density at radius 1 is 0.300 bits per heavy atom. The summed E-state index contributed by atoms with van der Waals surface area (Å²) in [7, 11) is -3.01. The summed E-state index contributed by atoms with van der Waals surface area (Å²) in [5, 5.41) is 2.50. The molecule has 0 bridgehead atoms. The standard InChI is InChI=1S/C46H33N2OP/c49-50(41-17-9-3-10-18-41,42-19-11-4-12-20-42)43-31-29-37(30-32-43)35-23-21-34(22-24-35)36-25-27-39(28-26-36)45-33-44(38-13-5-1-6-14-38)47-46(48-45)40-15-7-2-8-16-40/h1-33H. The molecule has 3 nitrogen and oxygen atoms in total. The number of benzene rings is 7. The highest BCUT2D eigenvalue weighted by atomic mass is 31.2. The van der Waals surface area contributed by atoms with Crippen molar-refractivity contribution in [2.24, 2.45) is 0 Å². The van der Waals surface area contributed by atoms with E-state index in [1.807, 2.05) is 121 Å².